The third-order valence-corrected chi connectivity index (χ3v) is 2.80. The normalized spacial score (nSPS) is 10.5. The molecule has 1 amide bonds. The first-order valence-electron chi connectivity index (χ1n) is 5.18. The SMILES string of the molecule is COCNC(=O)c1c(Cl)ccc2ccccc12. The number of ether oxygens (including phenoxy) is 1. The van der Waals surface area contributed by atoms with Gasteiger partial charge in [-0.3, -0.25) is 4.79 Å². The molecule has 0 aliphatic rings. The van der Waals surface area contributed by atoms with Crippen LogP contribution in [-0.2, 0) is 4.74 Å². The lowest BCUT2D eigenvalue weighted by Gasteiger charge is -2.09. The highest BCUT2D eigenvalue weighted by Gasteiger charge is 2.13. The van der Waals surface area contributed by atoms with E-state index in [0.717, 1.165) is 10.8 Å². The van der Waals surface area contributed by atoms with Crippen LogP contribution in [0.2, 0.25) is 5.02 Å². The lowest BCUT2D eigenvalue weighted by molar-refractivity contribution is 0.0874. The monoisotopic (exact) mass is 249 g/mol. The summed E-state index contributed by atoms with van der Waals surface area (Å²) in [5.74, 6) is -0.228. The fourth-order valence-electron chi connectivity index (χ4n) is 1.70. The molecule has 0 aliphatic carbocycles. The van der Waals surface area contributed by atoms with Crippen LogP contribution < -0.4 is 5.32 Å². The van der Waals surface area contributed by atoms with E-state index in [1.54, 1.807) is 6.07 Å². The van der Waals surface area contributed by atoms with Gasteiger partial charge in [-0.1, -0.05) is 41.9 Å². The maximum Gasteiger partial charge on any atom is 0.255 e. The average Bonchev–Trinajstić information content (AvgIpc) is 2.35. The number of fused-ring (bicyclic) bond motifs is 1. The van der Waals surface area contributed by atoms with Gasteiger partial charge in [-0.25, -0.2) is 0 Å². The molecule has 0 aromatic heterocycles. The maximum absolute atomic E-state index is 12.0. The van der Waals surface area contributed by atoms with Crippen molar-refractivity contribution in [3.05, 3.63) is 47.0 Å². The minimum atomic E-state index is -0.228. The van der Waals surface area contributed by atoms with Gasteiger partial charge in [-0.2, -0.15) is 0 Å². The van der Waals surface area contributed by atoms with Crippen LogP contribution in [0.3, 0.4) is 0 Å². The van der Waals surface area contributed by atoms with Gasteiger partial charge in [-0.05, 0) is 16.8 Å². The Bertz CT molecular complexity index is 554. The highest BCUT2D eigenvalue weighted by Crippen LogP contribution is 2.25. The summed E-state index contributed by atoms with van der Waals surface area (Å²) in [6, 6.07) is 11.2. The number of halogens is 1. The fourth-order valence-corrected chi connectivity index (χ4v) is 1.95. The average molecular weight is 250 g/mol. The van der Waals surface area contributed by atoms with E-state index in [-0.39, 0.29) is 12.6 Å². The summed E-state index contributed by atoms with van der Waals surface area (Å²) < 4.78 is 4.81. The Kier molecular flexibility index (Phi) is 3.61. The van der Waals surface area contributed by atoms with E-state index in [9.17, 15) is 4.79 Å². The molecule has 88 valence electrons. The van der Waals surface area contributed by atoms with Crippen molar-refractivity contribution in [2.75, 3.05) is 13.8 Å². The number of amides is 1. The van der Waals surface area contributed by atoms with Crippen LogP contribution in [-0.4, -0.2) is 19.7 Å². The molecule has 0 radical (unpaired) electrons. The molecule has 0 atom stereocenters. The van der Waals surface area contributed by atoms with E-state index in [0.29, 0.717) is 10.6 Å². The topological polar surface area (TPSA) is 38.3 Å². The molecule has 1 N–H and O–H groups in total. The van der Waals surface area contributed by atoms with Gasteiger partial charge in [0, 0.05) is 7.11 Å². The maximum atomic E-state index is 12.0. The van der Waals surface area contributed by atoms with Crippen LogP contribution in [0.4, 0.5) is 0 Å². The summed E-state index contributed by atoms with van der Waals surface area (Å²) in [5.41, 5.74) is 0.488. The van der Waals surface area contributed by atoms with Crippen molar-refractivity contribution in [1.82, 2.24) is 5.32 Å². The summed E-state index contributed by atoms with van der Waals surface area (Å²) >= 11 is 6.08. The van der Waals surface area contributed by atoms with E-state index in [1.807, 2.05) is 30.3 Å². The van der Waals surface area contributed by atoms with Gasteiger partial charge >= 0.3 is 0 Å². The van der Waals surface area contributed by atoms with Crippen molar-refractivity contribution in [3.63, 3.8) is 0 Å². The molecule has 0 saturated heterocycles. The number of hydrogen-bond donors (Lipinski definition) is 1. The predicted octanol–water partition coefficient (Wildman–Crippen LogP) is 2.83. The number of methoxy groups -OCH3 is 1. The van der Waals surface area contributed by atoms with Gasteiger partial charge in [0.2, 0.25) is 0 Å². The van der Waals surface area contributed by atoms with Crippen LogP contribution in [0.1, 0.15) is 10.4 Å². The first kappa shape index (κ1) is 11.9. The van der Waals surface area contributed by atoms with Crippen LogP contribution >= 0.6 is 11.6 Å². The van der Waals surface area contributed by atoms with Crippen molar-refractivity contribution in [2.24, 2.45) is 0 Å². The first-order valence-corrected chi connectivity index (χ1v) is 5.56. The van der Waals surface area contributed by atoms with Crippen LogP contribution in [0.25, 0.3) is 10.8 Å². The second kappa shape index (κ2) is 5.17. The molecule has 3 nitrogen and oxygen atoms in total. The Balaban J connectivity index is 2.51. The van der Waals surface area contributed by atoms with Crippen molar-refractivity contribution in [3.8, 4) is 0 Å². The Morgan fingerprint density at radius 1 is 1.29 bits per heavy atom. The first-order chi connectivity index (χ1) is 8.24. The minimum absolute atomic E-state index is 0.165. The number of rotatable bonds is 3. The van der Waals surface area contributed by atoms with E-state index in [2.05, 4.69) is 5.32 Å². The quantitative estimate of drug-likeness (QED) is 0.850. The summed E-state index contributed by atoms with van der Waals surface area (Å²) in [6.45, 7) is 0.165. The van der Waals surface area contributed by atoms with Crippen LogP contribution in [0.15, 0.2) is 36.4 Å². The highest BCUT2D eigenvalue weighted by atomic mass is 35.5. The summed E-state index contributed by atoms with van der Waals surface area (Å²) in [7, 11) is 1.52. The van der Waals surface area contributed by atoms with Gasteiger partial charge < -0.3 is 10.1 Å². The second-order valence-electron chi connectivity index (χ2n) is 3.58. The van der Waals surface area contributed by atoms with Crippen LogP contribution in [0.5, 0.6) is 0 Å². The molecule has 0 saturated carbocycles. The Morgan fingerprint density at radius 3 is 2.82 bits per heavy atom. The Morgan fingerprint density at radius 2 is 2.06 bits per heavy atom. The lowest BCUT2D eigenvalue weighted by Crippen LogP contribution is -2.25. The fraction of sp³-hybridized carbons (Fsp3) is 0.154. The largest absolute Gasteiger partial charge is 0.364 e. The zero-order valence-corrected chi connectivity index (χ0v) is 10.1. The minimum Gasteiger partial charge on any atom is -0.364 e. The third kappa shape index (κ3) is 2.40. The lowest BCUT2D eigenvalue weighted by atomic mass is 10.0. The van der Waals surface area contributed by atoms with Gasteiger partial charge in [0.25, 0.3) is 5.91 Å². The van der Waals surface area contributed by atoms with Gasteiger partial charge in [0.05, 0.1) is 10.6 Å². The van der Waals surface area contributed by atoms with E-state index in [4.69, 9.17) is 16.3 Å². The molecule has 0 aliphatic heterocycles. The number of carbonyl (C=O) groups is 1. The number of benzene rings is 2. The van der Waals surface area contributed by atoms with Crippen molar-refractivity contribution >= 4 is 28.3 Å². The highest BCUT2D eigenvalue weighted by molar-refractivity contribution is 6.35. The second-order valence-corrected chi connectivity index (χ2v) is 3.99. The zero-order valence-electron chi connectivity index (χ0n) is 9.37. The van der Waals surface area contributed by atoms with Gasteiger partial charge in [0.1, 0.15) is 6.73 Å². The van der Waals surface area contributed by atoms with Gasteiger partial charge in [0.15, 0.2) is 0 Å². The van der Waals surface area contributed by atoms with Crippen molar-refractivity contribution < 1.29 is 9.53 Å². The predicted molar refractivity (Wildman–Crippen MR) is 68.3 cm³/mol. The van der Waals surface area contributed by atoms with Crippen molar-refractivity contribution in [2.45, 2.75) is 0 Å². The molecule has 2 aromatic carbocycles. The molecule has 2 rings (SSSR count). The van der Waals surface area contributed by atoms with Gasteiger partial charge in [-0.15, -0.1) is 0 Å². The summed E-state index contributed by atoms with van der Waals surface area (Å²) in [6.07, 6.45) is 0. The molecular formula is C13H12ClNO2. The van der Waals surface area contributed by atoms with Crippen LogP contribution in [0, 0.1) is 0 Å². The van der Waals surface area contributed by atoms with E-state index < -0.39 is 0 Å². The standard InChI is InChI=1S/C13H12ClNO2/c1-17-8-15-13(16)12-10-5-3-2-4-9(10)6-7-11(12)14/h2-7H,8H2,1H3,(H,15,16). The number of nitrogens with one attached hydrogen (secondary N) is 1. The number of carbonyl (C=O) groups excluding carboxylic acids is 1. The zero-order chi connectivity index (χ0) is 12.3. The molecule has 0 unspecified atom stereocenters. The molecule has 0 heterocycles. The Labute approximate surface area is 104 Å². The van der Waals surface area contributed by atoms with E-state index >= 15 is 0 Å². The molecular weight excluding hydrogens is 238 g/mol. The molecule has 4 heteroatoms. The Hall–Kier alpha value is -1.58. The molecule has 0 fully saturated rings. The number of hydrogen-bond acceptors (Lipinski definition) is 2. The van der Waals surface area contributed by atoms with Crippen molar-refractivity contribution in [1.29, 1.82) is 0 Å². The molecule has 0 spiro atoms. The third-order valence-electron chi connectivity index (χ3n) is 2.48. The molecule has 17 heavy (non-hydrogen) atoms. The summed E-state index contributed by atoms with van der Waals surface area (Å²) in [5, 5.41) is 4.90. The molecule has 0 bridgehead atoms. The molecule has 2 aromatic rings. The smallest absolute Gasteiger partial charge is 0.255 e. The van der Waals surface area contributed by atoms with E-state index in [1.165, 1.54) is 7.11 Å². The summed E-state index contributed by atoms with van der Waals surface area (Å²) in [4.78, 5) is 12.0.